The van der Waals surface area contributed by atoms with E-state index in [0.717, 1.165) is 38.9 Å². The maximum absolute atomic E-state index is 11.9. The summed E-state index contributed by atoms with van der Waals surface area (Å²) in [4.78, 5) is 14.0. The van der Waals surface area contributed by atoms with Gasteiger partial charge in [-0.1, -0.05) is 27.7 Å². The number of nitrogens with zero attached hydrogens (tertiary/aromatic N) is 1. The van der Waals surface area contributed by atoms with E-state index in [1.54, 1.807) is 0 Å². The van der Waals surface area contributed by atoms with E-state index in [1.807, 2.05) is 0 Å². The Bertz CT molecular complexity index is 270. The predicted octanol–water partition coefficient (Wildman–Crippen LogP) is 2.66. The number of amides is 1. The van der Waals surface area contributed by atoms with Crippen molar-refractivity contribution < 1.29 is 4.79 Å². The van der Waals surface area contributed by atoms with E-state index in [-0.39, 0.29) is 5.41 Å². The Hall–Kier alpha value is -0.570. The van der Waals surface area contributed by atoms with Gasteiger partial charge in [-0.05, 0) is 37.6 Å². The van der Waals surface area contributed by atoms with Crippen LogP contribution in [-0.2, 0) is 4.79 Å². The molecule has 0 aromatic rings. The molecule has 1 N–H and O–H groups in total. The lowest BCUT2D eigenvalue weighted by Crippen LogP contribution is -2.30. The molecule has 2 atom stereocenters. The summed E-state index contributed by atoms with van der Waals surface area (Å²) in [5.41, 5.74) is 0.251. The number of nitrogens with one attached hydrogen (secondary N) is 1. The summed E-state index contributed by atoms with van der Waals surface area (Å²) in [5.74, 6) is 0.877. The molecule has 1 rings (SSSR count). The van der Waals surface area contributed by atoms with Gasteiger partial charge in [0, 0.05) is 25.6 Å². The smallest absolute Gasteiger partial charge is 0.222 e. The Morgan fingerprint density at radius 1 is 1.44 bits per heavy atom. The van der Waals surface area contributed by atoms with Gasteiger partial charge in [-0.25, -0.2) is 0 Å². The van der Waals surface area contributed by atoms with E-state index >= 15 is 0 Å². The van der Waals surface area contributed by atoms with Crippen LogP contribution in [0.15, 0.2) is 0 Å². The Morgan fingerprint density at radius 2 is 2.11 bits per heavy atom. The highest BCUT2D eigenvalue weighted by Gasteiger charge is 2.36. The highest BCUT2D eigenvalue weighted by atomic mass is 16.2. The topological polar surface area (TPSA) is 32.3 Å². The third-order valence-corrected chi connectivity index (χ3v) is 4.06. The lowest BCUT2D eigenvalue weighted by atomic mass is 9.80. The van der Waals surface area contributed by atoms with Crippen LogP contribution in [0.4, 0.5) is 0 Å². The van der Waals surface area contributed by atoms with Gasteiger partial charge in [0.25, 0.3) is 0 Å². The van der Waals surface area contributed by atoms with Gasteiger partial charge < -0.3 is 10.2 Å². The number of hydrogen-bond acceptors (Lipinski definition) is 2. The Labute approximate surface area is 112 Å². The van der Waals surface area contributed by atoms with Gasteiger partial charge in [-0.3, -0.25) is 4.79 Å². The molecule has 2 unspecified atom stereocenters. The fraction of sp³-hybridized carbons (Fsp3) is 0.933. The first-order chi connectivity index (χ1) is 8.34. The fourth-order valence-corrected chi connectivity index (χ4v) is 2.61. The molecule has 0 aromatic carbocycles. The Kier molecular flexibility index (Phi) is 5.64. The first kappa shape index (κ1) is 15.5. The summed E-state index contributed by atoms with van der Waals surface area (Å²) in [6, 6.07) is 0.561. The molecule has 1 heterocycles. The molecule has 1 aliphatic rings. The molecular formula is C15H30N2O. The molecular weight excluding hydrogens is 224 g/mol. The van der Waals surface area contributed by atoms with Crippen LogP contribution in [0.3, 0.4) is 0 Å². The molecule has 1 aliphatic heterocycles. The van der Waals surface area contributed by atoms with Crippen molar-refractivity contribution in [1.82, 2.24) is 10.2 Å². The highest BCUT2D eigenvalue weighted by molar-refractivity contribution is 5.78. The lowest BCUT2D eigenvalue weighted by molar-refractivity contribution is -0.127. The molecule has 106 valence electrons. The maximum Gasteiger partial charge on any atom is 0.222 e. The van der Waals surface area contributed by atoms with Gasteiger partial charge in [0.15, 0.2) is 0 Å². The maximum atomic E-state index is 11.9. The average Bonchev–Trinajstić information content (AvgIpc) is 2.60. The van der Waals surface area contributed by atoms with Crippen LogP contribution in [-0.4, -0.2) is 36.5 Å². The third-order valence-electron chi connectivity index (χ3n) is 4.06. The van der Waals surface area contributed by atoms with Gasteiger partial charge in [-0.15, -0.1) is 0 Å². The number of hydrogen-bond donors (Lipinski definition) is 1. The van der Waals surface area contributed by atoms with Gasteiger partial charge in [0.1, 0.15) is 0 Å². The van der Waals surface area contributed by atoms with Crippen LogP contribution < -0.4 is 5.32 Å². The molecule has 0 bridgehead atoms. The van der Waals surface area contributed by atoms with Gasteiger partial charge in [0.05, 0.1) is 0 Å². The number of carbonyl (C=O) groups is 1. The fourth-order valence-electron chi connectivity index (χ4n) is 2.61. The van der Waals surface area contributed by atoms with Crippen molar-refractivity contribution in [2.75, 3.05) is 19.6 Å². The van der Waals surface area contributed by atoms with Crippen LogP contribution in [0.1, 0.15) is 53.9 Å². The van der Waals surface area contributed by atoms with Crippen LogP contribution >= 0.6 is 0 Å². The van der Waals surface area contributed by atoms with Crippen molar-refractivity contribution in [2.24, 2.45) is 11.3 Å². The standard InChI is InChI=1S/C15H30N2O/c1-6-16-12(2)8-7-9-17-11-13(10-14(17)18)15(3,4)5/h12-13,16H,6-11H2,1-5H3. The minimum atomic E-state index is 0.251. The lowest BCUT2D eigenvalue weighted by Gasteiger charge is -2.26. The van der Waals surface area contributed by atoms with Crippen LogP contribution in [0, 0.1) is 11.3 Å². The molecule has 0 aliphatic carbocycles. The highest BCUT2D eigenvalue weighted by Crippen LogP contribution is 2.34. The first-order valence-corrected chi connectivity index (χ1v) is 7.35. The quantitative estimate of drug-likeness (QED) is 0.790. The predicted molar refractivity (Wildman–Crippen MR) is 76.5 cm³/mol. The molecule has 0 aromatic heterocycles. The Morgan fingerprint density at radius 3 is 2.61 bits per heavy atom. The molecule has 0 spiro atoms. The van der Waals surface area contributed by atoms with Crippen molar-refractivity contribution in [2.45, 2.75) is 59.9 Å². The molecule has 3 heteroatoms. The SMILES string of the molecule is CCNC(C)CCCN1CC(C(C)(C)C)CC1=O. The van der Waals surface area contributed by atoms with Crippen molar-refractivity contribution in [3.05, 3.63) is 0 Å². The molecule has 0 radical (unpaired) electrons. The first-order valence-electron chi connectivity index (χ1n) is 7.35. The van der Waals surface area contributed by atoms with Crippen molar-refractivity contribution >= 4 is 5.91 Å². The zero-order valence-corrected chi connectivity index (χ0v) is 12.8. The summed E-state index contributed by atoms with van der Waals surface area (Å²) in [7, 11) is 0. The molecule has 1 saturated heterocycles. The number of carbonyl (C=O) groups excluding carboxylic acids is 1. The minimum absolute atomic E-state index is 0.251. The van der Waals surface area contributed by atoms with Crippen LogP contribution in [0.5, 0.6) is 0 Å². The molecule has 1 fully saturated rings. The van der Waals surface area contributed by atoms with E-state index in [4.69, 9.17) is 0 Å². The van der Waals surface area contributed by atoms with Crippen LogP contribution in [0.2, 0.25) is 0 Å². The molecule has 1 amide bonds. The second-order valence-corrected chi connectivity index (χ2v) is 6.71. The van der Waals surface area contributed by atoms with Gasteiger partial charge in [-0.2, -0.15) is 0 Å². The van der Waals surface area contributed by atoms with Crippen molar-refractivity contribution in [3.63, 3.8) is 0 Å². The van der Waals surface area contributed by atoms with E-state index in [0.29, 0.717) is 17.9 Å². The van der Waals surface area contributed by atoms with Crippen molar-refractivity contribution in [3.8, 4) is 0 Å². The summed E-state index contributed by atoms with van der Waals surface area (Å²) < 4.78 is 0. The summed E-state index contributed by atoms with van der Waals surface area (Å²) in [6.45, 7) is 14.0. The zero-order chi connectivity index (χ0) is 13.8. The largest absolute Gasteiger partial charge is 0.342 e. The number of likely N-dealkylation sites (tertiary alicyclic amines) is 1. The second-order valence-electron chi connectivity index (χ2n) is 6.71. The van der Waals surface area contributed by atoms with Gasteiger partial charge in [0.2, 0.25) is 5.91 Å². The van der Waals surface area contributed by atoms with E-state index in [1.165, 1.54) is 0 Å². The average molecular weight is 254 g/mol. The summed E-state index contributed by atoms with van der Waals surface area (Å²) in [5, 5.41) is 3.41. The molecule has 0 saturated carbocycles. The molecule has 18 heavy (non-hydrogen) atoms. The van der Waals surface area contributed by atoms with E-state index in [2.05, 4.69) is 44.8 Å². The summed E-state index contributed by atoms with van der Waals surface area (Å²) >= 11 is 0. The summed E-state index contributed by atoms with van der Waals surface area (Å²) in [6.07, 6.45) is 3.00. The normalized spacial score (nSPS) is 22.6. The van der Waals surface area contributed by atoms with Crippen molar-refractivity contribution in [1.29, 1.82) is 0 Å². The molecule has 3 nitrogen and oxygen atoms in total. The zero-order valence-electron chi connectivity index (χ0n) is 12.8. The minimum Gasteiger partial charge on any atom is -0.342 e. The number of rotatable bonds is 6. The second kappa shape index (κ2) is 6.55. The third kappa shape index (κ3) is 4.60. The van der Waals surface area contributed by atoms with Gasteiger partial charge >= 0.3 is 0 Å². The Balaban J connectivity index is 2.29. The van der Waals surface area contributed by atoms with E-state index in [9.17, 15) is 4.79 Å². The van der Waals surface area contributed by atoms with E-state index < -0.39 is 0 Å². The van der Waals surface area contributed by atoms with Crippen LogP contribution in [0.25, 0.3) is 0 Å². The monoisotopic (exact) mass is 254 g/mol.